The molecule has 0 atom stereocenters. The lowest BCUT2D eigenvalue weighted by atomic mass is 9.88. The van der Waals surface area contributed by atoms with Gasteiger partial charge >= 0.3 is 0 Å². The summed E-state index contributed by atoms with van der Waals surface area (Å²) in [5, 5.41) is 11.4. The Hall–Kier alpha value is -1.62. The highest BCUT2D eigenvalue weighted by Gasteiger charge is 2.34. The lowest BCUT2D eigenvalue weighted by Gasteiger charge is -2.37. The zero-order chi connectivity index (χ0) is 17.0. The van der Waals surface area contributed by atoms with Gasteiger partial charge in [0.2, 0.25) is 0 Å². The zero-order valence-electron chi connectivity index (χ0n) is 13.9. The molecular weight excluding hydrogens is 324 g/mol. The van der Waals surface area contributed by atoms with Crippen LogP contribution < -0.4 is 4.74 Å². The van der Waals surface area contributed by atoms with E-state index in [1.165, 1.54) is 0 Å². The minimum Gasteiger partial charge on any atom is -0.491 e. The third-order valence-electron chi connectivity index (χ3n) is 4.58. The van der Waals surface area contributed by atoms with Crippen molar-refractivity contribution in [2.75, 3.05) is 26.2 Å². The number of pyridine rings is 1. The maximum atomic E-state index is 10.8. The number of aryl methyl sites for hydroxylation is 1. The van der Waals surface area contributed by atoms with E-state index in [9.17, 15) is 5.11 Å². The lowest BCUT2D eigenvalue weighted by molar-refractivity contribution is -0.0311. The van der Waals surface area contributed by atoms with E-state index in [-0.39, 0.29) is 0 Å². The Morgan fingerprint density at radius 1 is 1.25 bits per heavy atom. The average Bonchev–Trinajstić information content (AvgIpc) is 2.60. The molecule has 24 heavy (non-hydrogen) atoms. The highest BCUT2D eigenvalue weighted by atomic mass is 35.5. The molecule has 2 aromatic rings. The van der Waals surface area contributed by atoms with Gasteiger partial charge in [-0.15, -0.1) is 0 Å². The van der Waals surface area contributed by atoms with Crippen LogP contribution in [0.15, 0.2) is 42.6 Å². The fraction of sp³-hybridized carbons (Fsp3) is 0.421. The van der Waals surface area contributed by atoms with Crippen molar-refractivity contribution in [3.8, 4) is 5.75 Å². The van der Waals surface area contributed by atoms with E-state index in [2.05, 4.69) is 9.88 Å². The van der Waals surface area contributed by atoms with Gasteiger partial charge in [-0.2, -0.15) is 0 Å². The molecule has 5 heteroatoms. The molecule has 0 spiro atoms. The number of hydrogen-bond acceptors (Lipinski definition) is 4. The van der Waals surface area contributed by atoms with Gasteiger partial charge in [0.15, 0.2) is 0 Å². The van der Waals surface area contributed by atoms with E-state index < -0.39 is 5.60 Å². The molecule has 0 radical (unpaired) electrons. The van der Waals surface area contributed by atoms with E-state index in [4.69, 9.17) is 16.3 Å². The SMILES string of the molecule is Cc1ccc(Cl)c(OCCN2CCC(O)(c3ccccn3)CC2)c1. The number of rotatable bonds is 5. The van der Waals surface area contributed by atoms with Crippen LogP contribution >= 0.6 is 11.6 Å². The topological polar surface area (TPSA) is 45.6 Å². The highest BCUT2D eigenvalue weighted by Crippen LogP contribution is 2.31. The Kier molecular flexibility index (Phi) is 5.39. The number of aliphatic hydroxyl groups is 1. The van der Waals surface area contributed by atoms with Crippen molar-refractivity contribution in [3.63, 3.8) is 0 Å². The van der Waals surface area contributed by atoms with Crippen LogP contribution in [0.25, 0.3) is 0 Å². The summed E-state index contributed by atoms with van der Waals surface area (Å²) in [6.45, 7) is 5.09. The number of aromatic nitrogens is 1. The summed E-state index contributed by atoms with van der Waals surface area (Å²) in [6.07, 6.45) is 3.11. The normalized spacial score (nSPS) is 17.6. The quantitative estimate of drug-likeness (QED) is 0.901. The lowest BCUT2D eigenvalue weighted by Crippen LogP contribution is -2.44. The molecule has 0 amide bonds. The maximum Gasteiger partial charge on any atom is 0.138 e. The number of likely N-dealkylation sites (tertiary alicyclic amines) is 1. The van der Waals surface area contributed by atoms with Crippen LogP contribution in [0.2, 0.25) is 5.02 Å². The molecular formula is C19H23ClN2O2. The van der Waals surface area contributed by atoms with Gasteiger partial charge in [-0.1, -0.05) is 23.7 Å². The van der Waals surface area contributed by atoms with Gasteiger partial charge in [-0.05, 0) is 49.6 Å². The van der Waals surface area contributed by atoms with Crippen molar-refractivity contribution in [3.05, 3.63) is 58.9 Å². The number of ether oxygens (including phenoxy) is 1. The van der Waals surface area contributed by atoms with Crippen molar-refractivity contribution in [1.82, 2.24) is 9.88 Å². The van der Waals surface area contributed by atoms with Gasteiger partial charge in [-0.25, -0.2) is 0 Å². The third-order valence-corrected chi connectivity index (χ3v) is 4.89. The third kappa shape index (κ3) is 4.07. The minimum absolute atomic E-state index is 0.588. The molecule has 2 heterocycles. The summed E-state index contributed by atoms with van der Waals surface area (Å²) in [5.74, 6) is 0.735. The van der Waals surface area contributed by atoms with E-state index >= 15 is 0 Å². The number of halogens is 1. The summed E-state index contributed by atoms with van der Waals surface area (Å²) in [7, 11) is 0. The van der Waals surface area contributed by atoms with Crippen LogP contribution in [-0.2, 0) is 5.60 Å². The number of benzene rings is 1. The first-order chi connectivity index (χ1) is 11.6. The second kappa shape index (κ2) is 7.51. The second-order valence-electron chi connectivity index (χ2n) is 6.37. The Morgan fingerprint density at radius 3 is 2.75 bits per heavy atom. The van der Waals surface area contributed by atoms with Gasteiger partial charge < -0.3 is 9.84 Å². The van der Waals surface area contributed by atoms with Crippen molar-refractivity contribution < 1.29 is 9.84 Å². The van der Waals surface area contributed by atoms with E-state index in [0.717, 1.165) is 36.6 Å². The number of hydrogen-bond donors (Lipinski definition) is 1. The van der Waals surface area contributed by atoms with Crippen LogP contribution in [-0.4, -0.2) is 41.2 Å². The van der Waals surface area contributed by atoms with Crippen molar-refractivity contribution in [2.45, 2.75) is 25.4 Å². The van der Waals surface area contributed by atoms with Gasteiger partial charge in [0.25, 0.3) is 0 Å². The van der Waals surface area contributed by atoms with Gasteiger partial charge in [0.05, 0.1) is 10.7 Å². The van der Waals surface area contributed by atoms with Crippen LogP contribution in [0.1, 0.15) is 24.1 Å². The molecule has 1 saturated heterocycles. The van der Waals surface area contributed by atoms with E-state index in [1.807, 2.05) is 43.3 Å². The van der Waals surface area contributed by atoms with Crippen LogP contribution in [0.3, 0.4) is 0 Å². The first-order valence-corrected chi connectivity index (χ1v) is 8.70. The largest absolute Gasteiger partial charge is 0.491 e. The maximum absolute atomic E-state index is 10.8. The molecule has 4 nitrogen and oxygen atoms in total. The molecule has 1 aliphatic rings. The molecule has 0 unspecified atom stereocenters. The summed E-state index contributed by atoms with van der Waals surface area (Å²) < 4.78 is 5.81. The summed E-state index contributed by atoms with van der Waals surface area (Å²) in [5.41, 5.74) is 1.10. The molecule has 1 N–H and O–H groups in total. The number of nitrogens with zero attached hydrogens (tertiary/aromatic N) is 2. The van der Waals surface area contributed by atoms with Gasteiger partial charge in [-0.3, -0.25) is 9.88 Å². The summed E-state index contributed by atoms with van der Waals surface area (Å²) in [6, 6.07) is 11.5. The molecule has 1 aromatic carbocycles. The Morgan fingerprint density at radius 2 is 2.04 bits per heavy atom. The fourth-order valence-electron chi connectivity index (χ4n) is 3.05. The van der Waals surface area contributed by atoms with Crippen LogP contribution in [0.5, 0.6) is 5.75 Å². The molecule has 3 rings (SSSR count). The fourth-order valence-corrected chi connectivity index (χ4v) is 3.22. The van der Waals surface area contributed by atoms with Crippen LogP contribution in [0, 0.1) is 6.92 Å². The van der Waals surface area contributed by atoms with Crippen molar-refractivity contribution in [2.24, 2.45) is 0 Å². The predicted octanol–water partition coefficient (Wildman–Crippen LogP) is 3.41. The molecule has 0 bridgehead atoms. The Balaban J connectivity index is 1.48. The van der Waals surface area contributed by atoms with Crippen molar-refractivity contribution in [1.29, 1.82) is 0 Å². The minimum atomic E-state index is -0.807. The summed E-state index contributed by atoms with van der Waals surface area (Å²) in [4.78, 5) is 6.62. The second-order valence-corrected chi connectivity index (χ2v) is 6.78. The van der Waals surface area contributed by atoms with Gasteiger partial charge in [0, 0.05) is 25.8 Å². The molecule has 1 aliphatic heterocycles. The highest BCUT2D eigenvalue weighted by molar-refractivity contribution is 6.32. The molecule has 128 valence electrons. The van der Waals surface area contributed by atoms with Crippen LogP contribution in [0.4, 0.5) is 0 Å². The van der Waals surface area contributed by atoms with E-state index in [0.29, 0.717) is 24.5 Å². The molecule has 0 aliphatic carbocycles. The molecule has 1 aromatic heterocycles. The molecule has 1 fully saturated rings. The zero-order valence-corrected chi connectivity index (χ0v) is 14.7. The Bertz CT molecular complexity index is 670. The van der Waals surface area contributed by atoms with Crippen molar-refractivity contribution >= 4 is 11.6 Å². The predicted molar refractivity (Wildman–Crippen MR) is 95.5 cm³/mol. The van der Waals surface area contributed by atoms with Gasteiger partial charge in [0.1, 0.15) is 18.0 Å². The number of piperidine rings is 1. The molecule has 0 saturated carbocycles. The first-order valence-electron chi connectivity index (χ1n) is 8.32. The smallest absolute Gasteiger partial charge is 0.138 e. The van der Waals surface area contributed by atoms with E-state index in [1.54, 1.807) is 6.20 Å². The Labute approximate surface area is 148 Å². The summed E-state index contributed by atoms with van der Waals surface area (Å²) >= 11 is 6.14. The monoisotopic (exact) mass is 346 g/mol. The standard InChI is InChI=1S/C19H23ClN2O2/c1-15-5-6-16(20)17(14-15)24-13-12-22-10-7-19(23,8-11-22)18-4-2-3-9-21-18/h2-6,9,14,23H,7-8,10-13H2,1H3. The first kappa shape index (κ1) is 17.2. The average molecular weight is 347 g/mol.